The summed E-state index contributed by atoms with van der Waals surface area (Å²) in [5.41, 5.74) is 1.66. The number of carbonyl (C=O) groups excluding carboxylic acids is 1. The maximum Gasteiger partial charge on any atom is 0.281 e. The Labute approximate surface area is 155 Å². The third-order valence-electron chi connectivity index (χ3n) is 3.32. The maximum atomic E-state index is 12.5. The molecule has 0 spiro atoms. The second-order valence-corrected chi connectivity index (χ2v) is 8.55. The molecule has 0 saturated carbocycles. The van der Waals surface area contributed by atoms with Crippen LogP contribution in [0.2, 0.25) is 0 Å². The molecule has 1 aromatic carbocycles. The van der Waals surface area contributed by atoms with Crippen LogP contribution in [0, 0.1) is 6.92 Å². The number of aromatic nitrogens is 1. The van der Waals surface area contributed by atoms with Gasteiger partial charge in [-0.3, -0.25) is 9.78 Å². The molecule has 0 unspecified atom stereocenters. The van der Waals surface area contributed by atoms with E-state index in [1.54, 1.807) is 42.7 Å². The zero-order valence-corrected chi connectivity index (χ0v) is 15.5. The first-order valence-electron chi connectivity index (χ1n) is 7.14. The van der Waals surface area contributed by atoms with Crippen molar-refractivity contribution in [3.05, 3.63) is 64.8 Å². The molecule has 0 aliphatic carbocycles. The van der Waals surface area contributed by atoms with E-state index in [1.165, 1.54) is 12.1 Å². The van der Waals surface area contributed by atoms with Crippen LogP contribution in [0.1, 0.15) is 11.1 Å². The van der Waals surface area contributed by atoms with Crippen LogP contribution in [0.15, 0.2) is 58.6 Å². The minimum Gasteiger partial charge on any atom is -0.267 e. The van der Waals surface area contributed by atoms with E-state index in [0.29, 0.717) is 4.91 Å². The van der Waals surface area contributed by atoms with Crippen molar-refractivity contribution >= 4 is 50.3 Å². The Kier molecular flexibility index (Phi) is 5.00. The van der Waals surface area contributed by atoms with Crippen molar-refractivity contribution in [1.29, 1.82) is 0 Å². The second-order valence-electron chi connectivity index (χ2n) is 5.21. The quantitative estimate of drug-likeness (QED) is 0.637. The number of rotatable bonds is 4. The molecule has 6 nitrogen and oxygen atoms in total. The maximum absolute atomic E-state index is 12.5. The summed E-state index contributed by atoms with van der Waals surface area (Å²) in [5, 5.41) is 0.872. The zero-order chi connectivity index (χ0) is 18.0. The number of amides is 1. The summed E-state index contributed by atoms with van der Waals surface area (Å²) >= 11 is 6.16. The molecule has 1 amide bonds. The molecule has 2 heterocycles. The van der Waals surface area contributed by atoms with Crippen molar-refractivity contribution in [2.75, 3.05) is 0 Å². The number of aryl methyl sites for hydroxylation is 1. The number of hydrogen-bond donors (Lipinski definition) is 1. The predicted molar refractivity (Wildman–Crippen MR) is 101 cm³/mol. The minimum absolute atomic E-state index is 0.0587. The van der Waals surface area contributed by atoms with E-state index in [9.17, 15) is 13.2 Å². The molecule has 1 N–H and O–H groups in total. The predicted octanol–water partition coefficient (Wildman–Crippen LogP) is 2.48. The van der Waals surface area contributed by atoms with Crippen molar-refractivity contribution in [3.63, 3.8) is 0 Å². The monoisotopic (exact) mass is 391 g/mol. The van der Waals surface area contributed by atoms with Gasteiger partial charge in [0, 0.05) is 12.4 Å². The third kappa shape index (κ3) is 3.96. The summed E-state index contributed by atoms with van der Waals surface area (Å²) < 4.78 is 25.0. The molecule has 1 aliphatic rings. The van der Waals surface area contributed by atoms with Crippen LogP contribution >= 0.6 is 24.0 Å². The first-order valence-corrected chi connectivity index (χ1v) is 9.85. The molecule has 1 saturated heterocycles. The van der Waals surface area contributed by atoms with Gasteiger partial charge >= 0.3 is 0 Å². The Bertz CT molecular complexity index is 955. The first-order chi connectivity index (χ1) is 11.9. The number of pyridine rings is 1. The van der Waals surface area contributed by atoms with Gasteiger partial charge in [0.1, 0.15) is 0 Å². The fourth-order valence-electron chi connectivity index (χ4n) is 2.05. The number of benzene rings is 1. The molecular formula is C16H13N3O3S3. The van der Waals surface area contributed by atoms with E-state index in [0.717, 1.165) is 27.9 Å². The first kappa shape index (κ1) is 17.7. The van der Waals surface area contributed by atoms with Gasteiger partial charge in [0.2, 0.25) is 0 Å². The highest BCUT2D eigenvalue weighted by Crippen LogP contribution is 2.31. The van der Waals surface area contributed by atoms with Crippen LogP contribution in [0.5, 0.6) is 0 Å². The van der Waals surface area contributed by atoms with E-state index < -0.39 is 15.9 Å². The highest BCUT2D eigenvalue weighted by Gasteiger charge is 2.35. The third-order valence-corrected chi connectivity index (χ3v) is 5.94. The molecule has 3 rings (SSSR count). The van der Waals surface area contributed by atoms with Crippen molar-refractivity contribution in [2.45, 2.75) is 11.8 Å². The van der Waals surface area contributed by atoms with Gasteiger partial charge in [0.15, 0.2) is 4.32 Å². The van der Waals surface area contributed by atoms with E-state index in [1.807, 2.05) is 6.92 Å². The van der Waals surface area contributed by atoms with Crippen molar-refractivity contribution < 1.29 is 13.2 Å². The number of sulfonamides is 1. The number of hydrazine groups is 1. The average Bonchev–Trinajstić information content (AvgIpc) is 2.83. The lowest BCUT2D eigenvalue weighted by Crippen LogP contribution is -2.44. The van der Waals surface area contributed by atoms with Crippen LogP contribution in [0.4, 0.5) is 0 Å². The summed E-state index contributed by atoms with van der Waals surface area (Å²) in [5.74, 6) is -0.519. The van der Waals surface area contributed by atoms with Gasteiger partial charge in [-0.1, -0.05) is 47.7 Å². The highest BCUT2D eigenvalue weighted by atomic mass is 32.2. The van der Waals surface area contributed by atoms with Crippen LogP contribution in [-0.2, 0) is 14.8 Å². The average molecular weight is 391 g/mol. The molecule has 25 heavy (non-hydrogen) atoms. The van der Waals surface area contributed by atoms with Crippen LogP contribution in [0.25, 0.3) is 6.08 Å². The summed E-state index contributed by atoms with van der Waals surface area (Å²) in [7, 11) is -3.91. The van der Waals surface area contributed by atoms with Crippen LogP contribution in [-0.4, -0.2) is 28.6 Å². The second kappa shape index (κ2) is 7.04. The number of hydrogen-bond acceptors (Lipinski definition) is 6. The van der Waals surface area contributed by atoms with E-state index in [2.05, 4.69) is 9.82 Å². The molecule has 0 atom stereocenters. The van der Waals surface area contributed by atoms with Crippen molar-refractivity contribution in [3.8, 4) is 0 Å². The number of nitrogens with one attached hydrogen (secondary N) is 1. The standard InChI is InChI=1S/C16H13N3O3S3/c1-11-4-6-13(7-5-11)25(21,22)18-19-15(20)14(24-16(19)23)9-12-3-2-8-17-10-12/h2-10,18H,1H3. The molecule has 1 fully saturated rings. The van der Waals surface area contributed by atoms with Crippen molar-refractivity contribution in [2.24, 2.45) is 0 Å². The smallest absolute Gasteiger partial charge is 0.267 e. The fraction of sp³-hybridized carbons (Fsp3) is 0.0625. The lowest BCUT2D eigenvalue weighted by Gasteiger charge is -2.16. The van der Waals surface area contributed by atoms with Crippen molar-refractivity contribution in [1.82, 2.24) is 14.8 Å². The van der Waals surface area contributed by atoms with E-state index in [4.69, 9.17) is 12.2 Å². The van der Waals surface area contributed by atoms with E-state index >= 15 is 0 Å². The Morgan fingerprint density at radius 2 is 1.96 bits per heavy atom. The molecule has 1 aromatic heterocycles. The Balaban J connectivity index is 1.83. The SMILES string of the molecule is Cc1ccc(S(=O)(=O)NN2C(=O)C(=Cc3cccnc3)SC2=S)cc1. The summed E-state index contributed by atoms with van der Waals surface area (Å²) in [6, 6.07) is 9.84. The van der Waals surface area contributed by atoms with Crippen LogP contribution in [0.3, 0.4) is 0 Å². The van der Waals surface area contributed by atoms with Gasteiger partial charge in [-0.2, -0.15) is 0 Å². The molecule has 0 radical (unpaired) electrons. The van der Waals surface area contributed by atoms with Gasteiger partial charge in [-0.05, 0) is 36.8 Å². The van der Waals surface area contributed by atoms with Crippen LogP contribution < -0.4 is 4.83 Å². The van der Waals surface area contributed by atoms with Gasteiger partial charge in [-0.25, -0.2) is 13.4 Å². The van der Waals surface area contributed by atoms with Gasteiger partial charge in [0.25, 0.3) is 15.9 Å². The highest BCUT2D eigenvalue weighted by molar-refractivity contribution is 8.26. The Morgan fingerprint density at radius 1 is 1.24 bits per heavy atom. The number of thiocarbonyl (C=S) groups is 1. The van der Waals surface area contributed by atoms with Gasteiger partial charge < -0.3 is 0 Å². The van der Waals surface area contributed by atoms with Gasteiger partial charge in [0.05, 0.1) is 9.80 Å². The molecule has 1 aliphatic heterocycles. The fourth-order valence-corrected chi connectivity index (χ4v) is 4.36. The minimum atomic E-state index is -3.91. The summed E-state index contributed by atoms with van der Waals surface area (Å²) in [4.78, 5) is 19.1. The summed E-state index contributed by atoms with van der Waals surface area (Å²) in [6.45, 7) is 1.86. The Hall–Kier alpha value is -2.07. The van der Waals surface area contributed by atoms with Gasteiger partial charge in [-0.15, -0.1) is 4.83 Å². The topological polar surface area (TPSA) is 79.4 Å². The molecular weight excluding hydrogens is 378 g/mol. The number of nitrogens with zero attached hydrogens (tertiary/aromatic N) is 2. The number of carbonyl (C=O) groups is 1. The summed E-state index contributed by atoms with van der Waals surface area (Å²) in [6.07, 6.45) is 4.84. The number of thioether (sulfide) groups is 1. The molecule has 128 valence electrons. The van der Waals surface area contributed by atoms with E-state index in [-0.39, 0.29) is 9.22 Å². The lowest BCUT2D eigenvalue weighted by atomic mass is 10.2. The zero-order valence-electron chi connectivity index (χ0n) is 13.0. The normalized spacial score (nSPS) is 16.7. The Morgan fingerprint density at radius 3 is 2.60 bits per heavy atom. The lowest BCUT2D eigenvalue weighted by molar-refractivity contribution is -0.123. The molecule has 2 aromatic rings. The molecule has 0 bridgehead atoms. The molecule has 9 heteroatoms. The largest absolute Gasteiger partial charge is 0.281 e.